The van der Waals surface area contributed by atoms with E-state index in [9.17, 15) is 23.1 Å². The number of carbonyl (C=O) groups is 1. The molecule has 1 amide bonds. The van der Waals surface area contributed by atoms with E-state index >= 15 is 0 Å². The Morgan fingerprint density at radius 2 is 1.79 bits per heavy atom. The molecule has 2 N–H and O–H groups in total. The smallest absolute Gasteiger partial charge is 0.251 e. The molecule has 24 heavy (non-hydrogen) atoms. The Bertz CT molecular complexity index is 727. The Morgan fingerprint density at radius 3 is 2.33 bits per heavy atom. The summed E-state index contributed by atoms with van der Waals surface area (Å²) in [6.45, 7) is -0.594. The zero-order valence-corrected chi connectivity index (χ0v) is 13.2. The molecule has 0 saturated carbocycles. The van der Waals surface area contributed by atoms with Gasteiger partial charge in [-0.3, -0.25) is 4.79 Å². The van der Waals surface area contributed by atoms with E-state index in [0.29, 0.717) is 5.56 Å². The quantitative estimate of drug-likeness (QED) is 0.824. The van der Waals surface area contributed by atoms with Gasteiger partial charge >= 0.3 is 0 Å². The van der Waals surface area contributed by atoms with Crippen LogP contribution < -0.4 is 10.2 Å². The van der Waals surface area contributed by atoms with Crippen LogP contribution in [0, 0.1) is 17.5 Å². The van der Waals surface area contributed by atoms with Crippen molar-refractivity contribution in [2.45, 2.75) is 6.04 Å². The van der Waals surface area contributed by atoms with Crippen LogP contribution in [0.5, 0.6) is 0 Å². The van der Waals surface area contributed by atoms with E-state index in [1.807, 2.05) is 25.1 Å². The number of nitrogens with one attached hydrogen (secondary N) is 1. The molecular weight excluding hydrogens is 321 g/mol. The lowest BCUT2D eigenvalue weighted by Crippen LogP contribution is -2.31. The highest BCUT2D eigenvalue weighted by Gasteiger charge is 2.19. The molecule has 0 radical (unpaired) electrons. The molecule has 0 heterocycles. The van der Waals surface area contributed by atoms with Gasteiger partial charge in [0.2, 0.25) is 0 Å². The van der Waals surface area contributed by atoms with Gasteiger partial charge in [-0.05, 0) is 35.9 Å². The van der Waals surface area contributed by atoms with Gasteiger partial charge in [-0.15, -0.1) is 0 Å². The van der Waals surface area contributed by atoms with Crippen LogP contribution in [-0.4, -0.2) is 31.7 Å². The average Bonchev–Trinajstić information content (AvgIpc) is 2.56. The second-order valence-electron chi connectivity index (χ2n) is 5.45. The number of rotatable bonds is 5. The summed E-state index contributed by atoms with van der Waals surface area (Å²) in [5.74, 6) is -4.89. The van der Waals surface area contributed by atoms with E-state index in [-0.39, 0.29) is 5.56 Å². The second-order valence-corrected chi connectivity index (χ2v) is 5.45. The molecule has 1 atom stereocenters. The molecular formula is C17H17F3N2O2. The molecule has 0 aromatic heterocycles. The topological polar surface area (TPSA) is 52.6 Å². The Kier molecular flexibility index (Phi) is 5.46. The van der Waals surface area contributed by atoms with Crippen LogP contribution >= 0.6 is 0 Å². The van der Waals surface area contributed by atoms with Crippen LogP contribution in [0.4, 0.5) is 18.9 Å². The second kappa shape index (κ2) is 7.35. The van der Waals surface area contributed by atoms with Gasteiger partial charge in [0.25, 0.3) is 5.91 Å². The molecule has 0 bridgehead atoms. The van der Waals surface area contributed by atoms with Crippen LogP contribution in [0.2, 0.25) is 0 Å². The Morgan fingerprint density at radius 1 is 1.17 bits per heavy atom. The number of nitrogens with zero attached hydrogens (tertiary/aromatic N) is 1. The number of hydrogen-bond donors (Lipinski definition) is 2. The highest BCUT2D eigenvalue weighted by atomic mass is 19.2. The third kappa shape index (κ3) is 3.86. The van der Waals surface area contributed by atoms with E-state index in [4.69, 9.17) is 0 Å². The van der Waals surface area contributed by atoms with Crippen LogP contribution in [0.25, 0.3) is 0 Å². The zero-order valence-electron chi connectivity index (χ0n) is 13.2. The average molecular weight is 338 g/mol. The fourth-order valence-corrected chi connectivity index (χ4v) is 2.18. The maximum atomic E-state index is 13.3. The van der Waals surface area contributed by atoms with Gasteiger partial charge in [-0.25, -0.2) is 13.2 Å². The van der Waals surface area contributed by atoms with Gasteiger partial charge < -0.3 is 15.3 Å². The van der Waals surface area contributed by atoms with Crippen molar-refractivity contribution in [3.8, 4) is 0 Å². The molecule has 2 aromatic rings. The van der Waals surface area contributed by atoms with Gasteiger partial charge in [0.05, 0.1) is 12.6 Å². The summed E-state index contributed by atoms with van der Waals surface area (Å²) < 4.78 is 39.7. The predicted octanol–water partition coefficient (Wildman–Crippen LogP) is 2.63. The normalized spacial score (nSPS) is 11.9. The fraction of sp³-hybridized carbons (Fsp3) is 0.235. The highest BCUT2D eigenvalue weighted by molar-refractivity contribution is 5.95. The first-order valence-electron chi connectivity index (χ1n) is 7.17. The fourth-order valence-electron chi connectivity index (χ4n) is 2.18. The van der Waals surface area contributed by atoms with Gasteiger partial charge in [-0.1, -0.05) is 6.07 Å². The summed E-state index contributed by atoms with van der Waals surface area (Å²) >= 11 is 0. The van der Waals surface area contributed by atoms with E-state index in [2.05, 4.69) is 5.32 Å². The summed E-state index contributed by atoms with van der Waals surface area (Å²) in [5.41, 5.74) is 1.05. The Labute approximate surface area is 137 Å². The van der Waals surface area contributed by atoms with Crippen molar-refractivity contribution >= 4 is 11.6 Å². The monoisotopic (exact) mass is 338 g/mol. The van der Waals surface area contributed by atoms with E-state index in [1.165, 1.54) is 0 Å². The van der Waals surface area contributed by atoms with Crippen LogP contribution in [0.1, 0.15) is 22.0 Å². The Hall–Kier alpha value is -2.54. The number of benzene rings is 2. The maximum absolute atomic E-state index is 13.3. The lowest BCUT2D eigenvalue weighted by atomic mass is 10.1. The van der Waals surface area contributed by atoms with Gasteiger partial charge in [0.1, 0.15) is 0 Å². The van der Waals surface area contributed by atoms with Crippen molar-refractivity contribution < 1.29 is 23.1 Å². The minimum Gasteiger partial charge on any atom is -0.394 e. The van der Waals surface area contributed by atoms with Crippen molar-refractivity contribution in [3.05, 3.63) is 65.0 Å². The third-order valence-corrected chi connectivity index (χ3v) is 3.52. The first kappa shape index (κ1) is 17.8. The molecule has 2 aromatic carbocycles. The first-order valence-corrected chi connectivity index (χ1v) is 7.17. The molecule has 0 aliphatic rings. The molecule has 7 heteroatoms. The molecule has 0 aliphatic carbocycles. The zero-order chi connectivity index (χ0) is 17.9. The summed E-state index contributed by atoms with van der Waals surface area (Å²) in [6, 6.07) is 7.13. The highest BCUT2D eigenvalue weighted by Crippen LogP contribution is 2.20. The third-order valence-electron chi connectivity index (χ3n) is 3.52. The molecule has 0 aliphatic heterocycles. The minimum absolute atomic E-state index is 0.0639. The predicted molar refractivity (Wildman–Crippen MR) is 84.4 cm³/mol. The largest absolute Gasteiger partial charge is 0.394 e. The standard InChI is InChI=1S/C17H17F3N2O2/c1-22(2)12-5-3-4-10(6-12)17(24)21-15(9-23)11-7-13(18)16(20)14(19)8-11/h3-8,15,23H,9H2,1-2H3,(H,21,24). The van der Waals surface area contributed by atoms with E-state index in [1.54, 1.807) is 18.2 Å². The summed E-state index contributed by atoms with van der Waals surface area (Å²) in [6.07, 6.45) is 0. The van der Waals surface area contributed by atoms with Gasteiger partial charge in [-0.2, -0.15) is 0 Å². The van der Waals surface area contributed by atoms with Crippen molar-refractivity contribution in [3.63, 3.8) is 0 Å². The van der Waals surface area contributed by atoms with Crippen molar-refractivity contribution in [2.24, 2.45) is 0 Å². The molecule has 1 unspecified atom stereocenters. The van der Waals surface area contributed by atoms with E-state index in [0.717, 1.165) is 17.8 Å². The summed E-state index contributed by atoms with van der Waals surface area (Å²) in [5, 5.41) is 11.9. The lowest BCUT2D eigenvalue weighted by Gasteiger charge is -2.18. The summed E-state index contributed by atoms with van der Waals surface area (Å²) in [7, 11) is 3.63. The van der Waals surface area contributed by atoms with Gasteiger partial charge in [0.15, 0.2) is 17.5 Å². The van der Waals surface area contributed by atoms with Crippen LogP contribution in [0.3, 0.4) is 0 Å². The van der Waals surface area contributed by atoms with Crippen molar-refractivity contribution in [1.29, 1.82) is 0 Å². The number of aliphatic hydroxyl groups is 1. The molecule has 0 spiro atoms. The number of halogens is 3. The molecule has 4 nitrogen and oxygen atoms in total. The van der Waals surface area contributed by atoms with Crippen LogP contribution in [0.15, 0.2) is 36.4 Å². The molecule has 128 valence electrons. The molecule has 0 saturated heterocycles. The molecule has 2 rings (SSSR count). The van der Waals surface area contributed by atoms with Gasteiger partial charge in [0, 0.05) is 25.3 Å². The first-order chi connectivity index (χ1) is 11.3. The van der Waals surface area contributed by atoms with Crippen molar-refractivity contribution in [1.82, 2.24) is 5.32 Å². The number of carbonyl (C=O) groups excluding carboxylic acids is 1. The SMILES string of the molecule is CN(C)c1cccc(C(=O)NC(CO)c2cc(F)c(F)c(F)c2)c1. The number of anilines is 1. The lowest BCUT2D eigenvalue weighted by molar-refractivity contribution is 0.0916. The van der Waals surface area contributed by atoms with Crippen LogP contribution in [-0.2, 0) is 0 Å². The minimum atomic E-state index is -1.60. The van der Waals surface area contributed by atoms with Crippen molar-refractivity contribution in [2.75, 3.05) is 25.6 Å². The number of hydrogen-bond acceptors (Lipinski definition) is 3. The number of aliphatic hydroxyl groups excluding tert-OH is 1. The summed E-state index contributed by atoms with van der Waals surface area (Å²) in [4.78, 5) is 14.1. The Balaban J connectivity index is 2.24. The number of amides is 1. The molecule has 0 fully saturated rings. The maximum Gasteiger partial charge on any atom is 0.251 e. The van der Waals surface area contributed by atoms with E-state index < -0.39 is 36.0 Å².